The molecule has 1 aromatic heterocycles. The van der Waals surface area contributed by atoms with E-state index in [1.165, 1.54) is 5.56 Å². The third-order valence-corrected chi connectivity index (χ3v) is 8.60. The molecule has 3 heterocycles. The van der Waals surface area contributed by atoms with Crippen LogP contribution in [-0.4, -0.2) is 64.8 Å². The van der Waals surface area contributed by atoms with Crippen molar-refractivity contribution in [2.24, 2.45) is 0 Å². The number of benzene rings is 2. The second-order valence-electron chi connectivity index (χ2n) is 10.5. The quantitative estimate of drug-likeness (QED) is 0.437. The number of carbonyl (C=O) groups is 1. The molecular formula is C29H37ClN4O3. The van der Waals surface area contributed by atoms with Crippen LogP contribution in [0.3, 0.4) is 0 Å². The predicted molar refractivity (Wildman–Crippen MR) is 147 cm³/mol. The number of nitrogens with one attached hydrogen (secondary N) is 1. The first kappa shape index (κ1) is 25.9. The molecule has 1 N–H and O–H groups in total. The SMILES string of the molecule is CCOC(=O)N1CCC(CCCN2CCC(n3c(=O)[nH]c4ccc(Cl)cc43)CC2)(c2ccccc2)CC1. The standard InChI is InChI=1S/C29H37ClN4O3/c1-2-37-28(36)33-19-14-29(15-20-33,22-7-4-3-5-8-22)13-6-16-32-17-11-24(12-18-32)34-26-21-23(30)9-10-25(26)31-27(34)35/h3-5,7-10,21,24H,2,6,11-20H2,1H3,(H,31,35). The third-order valence-electron chi connectivity index (χ3n) is 8.36. The van der Waals surface area contributed by atoms with Crippen LogP contribution in [0.2, 0.25) is 5.02 Å². The smallest absolute Gasteiger partial charge is 0.409 e. The number of halogens is 1. The highest BCUT2D eigenvalue weighted by Crippen LogP contribution is 2.40. The van der Waals surface area contributed by atoms with Crippen LogP contribution >= 0.6 is 11.6 Å². The van der Waals surface area contributed by atoms with Gasteiger partial charge >= 0.3 is 11.8 Å². The van der Waals surface area contributed by atoms with Crippen LogP contribution in [0.1, 0.15) is 57.1 Å². The molecule has 0 bridgehead atoms. The van der Waals surface area contributed by atoms with Crippen LogP contribution in [0.4, 0.5) is 4.79 Å². The van der Waals surface area contributed by atoms with E-state index >= 15 is 0 Å². The largest absolute Gasteiger partial charge is 0.450 e. The molecule has 7 nitrogen and oxygen atoms in total. The lowest BCUT2D eigenvalue weighted by molar-refractivity contribution is 0.0830. The van der Waals surface area contributed by atoms with Crippen molar-refractivity contribution < 1.29 is 9.53 Å². The molecule has 0 aliphatic carbocycles. The lowest BCUT2D eigenvalue weighted by Gasteiger charge is -2.42. The van der Waals surface area contributed by atoms with Crippen molar-refractivity contribution in [2.45, 2.75) is 56.9 Å². The number of imidazole rings is 1. The molecule has 0 spiro atoms. The van der Waals surface area contributed by atoms with Crippen molar-refractivity contribution in [3.05, 3.63) is 69.6 Å². The molecular weight excluding hydrogens is 488 g/mol. The summed E-state index contributed by atoms with van der Waals surface area (Å²) in [6.07, 6.45) is 5.86. The van der Waals surface area contributed by atoms with Gasteiger partial charge in [0, 0.05) is 37.2 Å². The van der Waals surface area contributed by atoms with Gasteiger partial charge < -0.3 is 19.5 Å². The van der Waals surface area contributed by atoms with Gasteiger partial charge in [-0.3, -0.25) is 4.57 Å². The van der Waals surface area contributed by atoms with E-state index in [0.717, 1.165) is 82.3 Å². The fourth-order valence-electron chi connectivity index (χ4n) is 6.31. The summed E-state index contributed by atoms with van der Waals surface area (Å²) in [5, 5.41) is 0.651. The highest BCUT2D eigenvalue weighted by molar-refractivity contribution is 6.31. The van der Waals surface area contributed by atoms with Gasteiger partial charge in [-0.25, -0.2) is 9.59 Å². The molecule has 0 atom stereocenters. The summed E-state index contributed by atoms with van der Waals surface area (Å²) in [4.78, 5) is 32.3. The van der Waals surface area contributed by atoms with Crippen LogP contribution in [0.15, 0.2) is 53.3 Å². The fourth-order valence-corrected chi connectivity index (χ4v) is 6.47. The average molecular weight is 525 g/mol. The van der Waals surface area contributed by atoms with E-state index in [0.29, 0.717) is 11.6 Å². The number of aromatic amines is 1. The minimum atomic E-state index is -0.191. The van der Waals surface area contributed by atoms with E-state index in [2.05, 4.69) is 40.2 Å². The van der Waals surface area contributed by atoms with E-state index in [1.54, 1.807) is 0 Å². The first-order chi connectivity index (χ1) is 18.0. The lowest BCUT2D eigenvalue weighted by atomic mass is 9.70. The number of fused-ring (bicyclic) bond motifs is 1. The molecule has 3 aromatic rings. The molecule has 0 unspecified atom stereocenters. The summed E-state index contributed by atoms with van der Waals surface area (Å²) in [6.45, 7) is 6.77. The first-order valence-electron chi connectivity index (χ1n) is 13.6. The van der Waals surface area contributed by atoms with Crippen molar-refractivity contribution in [2.75, 3.05) is 39.3 Å². The number of nitrogens with zero attached hydrogens (tertiary/aromatic N) is 3. The summed E-state index contributed by atoms with van der Waals surface area (Å²) in [7, 11) is 0. The number of piperidine rings is 2. The number of hydrogen-bond donors (Lipinski definition) is 1. The van der Waals surface area contributed by atoms with Gasteiger partial charge in [-0.2, -0.15) is 0 Å². The molecule has 2 aromatic carbocycles. The molecule has 198 valence electrons. The van der Waals surface area contributed by atoms with Gasteiger partial charge in [-0.1, -0.05) is 41.9 Å². The van der Waals surface area contributed by atoms with Gasteiger partial charge in [0.1, 0.15) is 0 Å². The Kier molecular flexibility index (Phi) is 7.91. The number of carbonyl (C=O) groups excluding carboxylic acids is 1. The Morgan fingerprint density at radius 2 is 1.81 bits per heavy atom. The zero-order chi connectivity index (χ0) is 25.8. The van der Waals surface area contributed by atoms with Gasteiger partial charge in [-0.05, 0) is 81.2 Å². The molecule has 2 saturated heterocycles. The number of H-pyrrole nitrogens is 1. The molecule has 0 saturated carbocycles. The Bertz CT molecular complexity index is 1260. The molecule has 5 rings (SSSR count). The second-order valence-corrected chi connectivity index (χ2v) is 10.9. The van der Waals surface area contributed by atoms with Crippen molar-refractivity contribution >= 4 is 28.7 Å². The van der Waals surface area contributed by atoms with Gasteiger partial charge in [0.05, 0.1) is 17.6 Å². The third kappa shape index (κ3) is 5.58. The van der Waals surface area contributed by atoms with Crippen LogP contribution < -0.4 is 5.69 Å². The lowest BCUT2D eigenvalue weighted by Crippen LogP contribution is -2.46. The Morgan fingerprint density at radius 3 is 2.51 bits per heavy atom. The highest BCUT2D eigenvalue weighted by Gasteiger charge is 2.37. The van der Waals surface area contributed by atoms with Crippen molar-refractivity contribution in [1.82, 2.24) is 19.4 Å². The monoisotopic (exact) mass is 524 g/mol. The molecule has 2 fully saturated rings. The number of ether oxygens (including phenoxy) is 1. The van der Waals surface area contributed by atoms with Gasteiger partial charge in [0.2, 0.25) is 0 Å². The second kappa shape index (κ2) is 11.3. The topological polar surface area (TPSA) is 70.6 Å². The summed E-state index contributed by atoms with van der Waals surface area (Å²) < 4.78 is 7.14. The zero-order valence-electron chi connectivity index (χ0n) is 21.6. The number of aromatic nitrogens is 2. The van der Waals surface area contributed by atoms with E-state index in [4.69, 9.17) is 16.3 Å². The van der Waals surface area contributed by atoms with Gasteiger partial charge in [0.15, 0.2) is 0 Å². The Labute approximate surface area is 223 Å². The Morgan fingerprint density at radius 1 is 1.08 bits per heavy atom. The maximum Gasteiger partial charge on any atom is 0.409 e. The van der Waals surface area contributed by atoms with Crippen LogP contribution in [0.25, 0.3) is 11.0 Å². The van der Waals surface area contributed by atoms with Crippen molar-refractivity contribution in [1.29, 1.82) is 0 Å². The van der Waals surface area contributed by atoms with E-state index < -0.39 is 0 Å². The number of amides is 1. The molecule has 0 radical (unpaired) electrons. The number of rotatable bonds is 7. The minimum Gasteiger partial charge on any atom is -0.450 e. The highest BCUT2D eigenvalue weighted by atomic mass is 35.5. The van der Waals surface area contributed by atoms with E-state index in [-0.39, 0.29) is 23.2 Å². The summed E-state index contributed by atoms with van der Waals surface area (Å²) in [5.41, 5.74) is 3.18. The zero-order valence-corrected chi connectivity index (χ0v) is 22.4. The maximum absolute atomic E-state index is 12.7. The molecule has 2 aliphatic rings. The predicted octanol–water partition coefficient (Wildman–Crippen LogP) is 5.59. The van der Waals surface area contributed by atoms with E-state index in [9.17, 15) is 9.59 Å². The van der Waals surface area contributed by atoms with Crippen molar-refractivity contribution in [3.8, 4) is 0 Å². The van der Waals surface area contributed by atoms with Crippen molar-refractivity contribution in [3.63, 3.8) is 0 Å². The Hall–Kier alpha value is -2.77. The maximum atomic E-state index is 12.7. The Balaban J connectivity index is 1.18. The summed E-state index contributed by atoms with van der Waals surface area (Å²) >= 11 is 6.21. The number of hydrogen-bond acceptors (Lipinski definition) is 4. The average Bonchev–Trinajstić information content (AvgIpc) is 3.25. The summed E-state index contributed by atoms with van der Waals surface area (Å²) in [6, 6.07) is 16.6. The van der Waals surface area contributed by atoms with E-state index in [1.807, 2.05) is 34.6 Å². The van der Waals surface area contributed by atoms with Crippen LogP contribution in [0.5, 0.6) is 0 Å². The molecule has 37 heavy (non-hydrogen) atoms. The molecule has 8 heteroatoms. The molecule has 1 amide bonds. The number of likely N-dealkylation sites (tertiary alicyclic amines) is 2. The van der Waals surface area contributed by atoms with Crippen LogP contribution in [-0.2, 0) is 10.2 Å². The minimum absolute atomic E-state index is 0.0466. The molecule has 2 aliphatic heterocycles. The first-order valence-corrected chi connectivity index (χ1v) is 14.0. The van der Waals surface area contributed by atoms with Gasteiger partial charge in [-0.15, -0.1) is 0 Å². The van der Waals surface area contributed by atoms with Crippen LogP contribution in [0, 0.1) is 0 Å². The summed E-state index contributed by atoms with van der Waals surface area (Å²) in [5.74, 6) is 0. The normalized spacial score (nSPS) is 18.8. The van der Waals surface area contributed by atoms with Gasteiger partial charge in [0.25, 0.3) is 0 Å². The fraction of sp³-hybridized carbons (Fsp3) is 0.517.